The van der Waals surface area contributed by atoms with Crippen molar-refractivity contribution < 1.29 is 0 Å². The molecule has 0 aromatic heterocycles. The van der Waals surface area contributed by atoms with Gasteiger partial charge in [0.2, 0.25) is 0 Å². The van der Waals surface area contributed by atoms with E-state index in [9.17, 15) is 0 Å². The van der Waals surface area contributed by atoms with Gasteiger partial charge in [-0.05, 0) is 12.1 Å². The Kier molecular flexibility index (Phi) is 2.46. The summed E-state index contributed by atoms with van der Waals surface area (Å²) in [6, 6.07) is 10.6. The molecule has 0 unspecified atom stereocenters. The van der Waals surface area contributed by atoms with Crippen molar-refractivity contribution in [3.8, 4) is 0 Å². The first-order valence-electron chi connectivity index (χ1n) is 5.17. The van der Waals surface area contributed by atoms with Gasteiger partial charge in [0.1, 0.15) is 0 Å². The fourth-order valence-corrected chi connectivity index (χ4v) is 2.01. The fraction of sp³-hybridized carbons (Fsp3) is 0.500. The lowest BCUT2D eigenvalue weighted by atomic mass is 9.83. The maximum Gasteiger partial charge on any atom is 0.0363 e. The molecule has 1 aromatic rings. The van der Waals surface area contributed by atoms with Gasteiger partial charge in [-0.2, -0.15) is 0 Å². The maximum absolute atomic E-state index is 3.33. The van der Waals surface area contributed by atoms with Crippen molar-refractivity contribution in [2.45, 2.75) is 6.92 Å². The first-order chi connectivity index (χ1) is 6.70. The van der Waals surface area contributed by atoms with Gasteiger partial charge in [-0.1, -0.05) is 25.1 Å². The summed E-state index contributed by atoms with van der Waals surface area (Å²) in [6.45, 7) is 5.75. The highest BCUT2D eigenvalue weighted by atomic mass is 15.1. The average molecular weight is 190 g/mol. The van der Waals surface area contributed by atoms with Gasteiger partial charge in [-0.3, -0.25) is 0 Å². The smallest absolute Gasteiger partial charge is 0.0363 e. The summed E-state index contributed by atoms with van der Waals surface area (Å²) in [4.78, 5) is 2.33. The van der Waals surface area contributed by atoms with E-state index in [-0.39, 0.29) is 0 Å². The Morgan fingerprint density at radius 1 is 1.29 bits per heavy atom. The molecule has 1 aliphatic heterocycles. The number of nitrogens with zero attached hydrogens (tertiary/aromatic N) is 1. The lowest BCUT2D eigenvalue weighted by Crippen LogP contribution is -2.56. The molecule has 2 nitrogen and oxygen atoms in total. The second-order valence-corrected chi connectivity index (χ2v) is 4.61. The average Bonchev–Trinajstić information content (AvgIpc) is 2.17. The normalized spacial score (nSPS) is 18.7. The Balaban J connectivity index is 1.99. The zero-order chi connectivity index (χ0) is 10.0. The standard InChI is InChI=1S/C12H18N2/c1-12(8-13-9-12)10-14(2)11-6-4-3-5-7-11/h3-7,13H,8-10H2,1-2H3. The molecular weight excluding hydrogens is 172 g/mol. The summed E-state index contributed by atoms with van der Waals surface area (Å²) < 4.78 is 0. The Morgan fingerprint density at radius 3 is 2.43 bits per heavy atom. The zero-order valence-corrected chi connectivity index (χ0v) is 8.96. The maximum atomic E-state index is 3.33. The minimum Gasteiger partial charge on any atom is -0.374 e. The first-order valence-corrected chi connectivity index (χ1v) is 5.17. The quantitative estimate of drug-likeness (QED) is 0.781. The Labute approximate surface area is 85.9 Å². The number of nitrogens with one attached hydrogen (secondary N) is 1. The second kappa shape index (κ2) is 3.62. The van der Waals surface area contributed by atoms with Crippen LogP contribution in [0.4, 0.5) is 5.69 Å². The van der Waals surface area contributed by atoms with E-state index in [0.717, 1.165) is 19.6 Å². The Bertz CT molecular complexity index is 290. The second-order valence-electron chi connectivity index (χ2n) is 4.61. The zero-order valence-electron chi connectivity index (χ0n) is 8.96. The fourth-order valence-electron chi connectivity index (χ4n) is 2.01. The molecule has 14 heavy (non-hydrogen) atoms. The van der Waals surface area contributed by atoms with Gasteiger partial charge in [0, 0.05) is 37.8 Å². The molecule has 0 radical (unpaired) electrons. The van der Waals surface area contributed by atoms with Gasteiger partial charge in [0.15, 0.2) is 0 Å². The van der Waals surface area contributed by atoms with E-state index in [0.29, 0.717) is 5.41 Å². The number of anilines is 1. The SMILES string of the molecule is CN(CC1(C)CNC1)c1ccccc1. The number of hydrogen-bond donors (Lipinski definition) is 1. The molecule has 76 valence electrons. The van der Waals surface area contributed by atoms with Crippen LogP contribution in [0.5, 0.6) is 0 Å². The molecule has 1 fully saturated rings. The lowest BCUT2D eigenvalue weighted by molar-refractivity contribution is 0.204. The van der Waals surface area contributed by atoms with Crippen LogP contribution in [0.25, 0.3) is 0 Å². The number of rotatable bonds is 3. The van der Waals surface area contributed by atoms with Crippen molar-refractivity contribution in [3.05, 3.63) is 30.3 Å². The van der Waals surface area contributed by atoms with Gasteiger partial charge in [0.25, 0.3) is 0 Å². The molecule has 0 atom stereocenters. The van der Waals surface area contributed by atoms with Crippen molar-refractivity contribution in [1.82, 2.24) is 5.32 Å². The number of hydrogen-bond acceptors (Lipinski definition) is 2. The molecule has 0 spiro atoms. The van der Waals surface area contributed by atoms with Gasteiger partial charge in [-0.15, -0.1) is 0 Å². The van der Waals surface area contributed by atoms with E-state index >= 15 is 0 Å². The minimum absolute atomic E-state index is 0.463. The van der Waals surface area contributed by atoms with Crippen molar-refractivity contribution in [2.24, 2.45) is 5.41 Å². The molecule has 0 aliphatic carbocycles. The van der Waals surface area contributed by atoms with Gasteiger partial charge in [0.05, 0.1) is 0 Å². The predicted octanol–water partition coefficient (Wildman–Crippen LogP) is 1.73. The van der Waals surface area contributed by atoms with Gasteiger partial charge < -0.3 is 10.2 Å². The summed E-state index contributed by atoms with van der Waals surface area (Å²) in [5.74, 6) is 0. The molecule has 0 saturated carbocycles. The highest BCUT2D eigenvalue weighted by Gasteiger charge is 2.32. The van der Waals surface area contributed by atoms with E-state index in [1.165, 1.54) is 5.69 Å². The summed E-state index contributed by atoms with van der Waals surface area (Å²) >= 11 is 0. The van der Waals surface area contributed by atoms with Gasteiger partial charge in [-0.25, -0.2) is 0 Å². The van der Waals surface area contributed by atoms with Crippen molar-refractivity contribution >= 4 is 5.69 Å². The van der Waals surface area contributed by atoms with Crippen LogP contribution in [-0.2, 0) is 0 Å². The molecule has 1 saturated heterocycles. The molecular formula is C12H18N2. The molecule has 2 rings (SSSR count). The van der Waals surface area contributed by atoms with E-state index in [1.807, 2.05) is 0 Å². The highest BCUT2D eigenvalue weighted by molar-refractivity contribution is 5.45. The van der Waals surface area contributed by atoms with Gasteiger partial charge >= 0.3 is 0 Å². The monoisotopic (exact) mass is 190 g/mol. The number of benzene rings is 1. The topological polar surface area (TPSA) is 15.3 Å². The molecule has 2 heteroatoms. The van der Waals surface area contributed by atoms with Crippen LogP contribution in [0.1, 0.15) is 6.92 Å². The summed E-state index contributed by atoms with van der Waals surface area (Å²) in [7, 11) is 2.17. The third-order valence-electron chi connectivity index (χ3n) is 2.92. The van der Waals surface area contributed by atoms with Crippen LogP contribution in [0.3, 0.4) is 0 Å². The highest BCUT2D eigenvalue weighted by Crippen LogP contribution is 2.24. The van der Waals surface area contributed by atoms with E-state index < -0.39 is 0 Å². The molecule has 1 N–H and O–H groups in total. The molecule has 0 bridgehead atoms. The van der Waals surface area contributed by atoms with E-state index in [4.69, 9.17) is 0 Å². The molecule has 1 aromatic carbocycles. The van der Waals surface area contributed by atoms with E-state index in [2.05, 4.69) is 54.5 Å². The molecule has 0 amide bonds. The van der Waals surface area contributed by atoms with Crippen LogP contribution in [0.15, 0.2) is 30.3 Å². The third kappa shape index (κ3) is 1.90. The minimum atomic E-state index is 0.463. The van der Waals surface area contributed by atoms with E-state index in [1.54, 1.807) is 0 Å². The summed E-state index contributed by atoms with van der Waals surface area (Å²) in [5.41, 5.74) is 1.77. The van der Waals surface area contributed by atoms with Crippen LogP contribution >= 0.6 is 0 Å². The lowest BCUT2D eigenvalue weighted by Gasteiger charge is -2.42. The largest absolute Gasteiger partial charge is 0.374 e. The van der Waals surface area contributed by atoms with Crippen molar-refractivity contribution in [1.29, 1.82) is 0 Å². The van der Waals surface area contributed by atoms with Crippen LogP contribution in [0.2, 0.25) is 0 Å². The van der Waals surface area contributed by atoms with Crippen molar-refractivity contribution in [3.63, 3.8) is 0 Å². The molecule has 1 heterocycles. The molecule has 1 aliphatic rings. The Morgan fingerprint density at radius 2 is 1.93 bits per heavy atom. The van der Waals surface area contributed by atoms with Crippen molar-refractivity contribution in [2.75, 3.05) is 31.6 Å². The number of para-hydroxylation sites is 1. The van der Waals surface area contributed by atoms with Crippen LogP contribution in [0, 0.1) is 5.41 Å². The first kappa shape index (κ1) is 9.53. The third-order valence-corrected chi connectivity index (χ3v) is 2.92. The predicted molar refractivity (Wildman–Crippen MR) is 60.7 cm³/mol. The van der Waals surface area contributed by atoms with Crippen LogP contribution in [-0.4, -0.2) is 26.7 Å². The summed E-state index contributed by atoms with van der Waals surface area (Å²) in [6.07, 6.45) is 0. The Hall–Kier alpha value is -1.02. The summed E-state index contributed by atoms with van der Waals surface area (Å²) in [5, 5.41) is 3.33. The van der Waals surface area contributed by atoms with Crippen LogP contribution < -0.4 is 10.2 Å².